The lowest BCUT2D eigenvalue weighted by Crippen LogP contribution is -2.46. The molecule has 1 aromatic heterocycles. The largest absolute Gasteiger partial charge is 0.496 e. The minimum atomic E-state index is -1.13. The minimum Gasteiger partial charge on any atom is -0.496 e. The lowest BCUT2D eigenvalue weighted by atomic mass is 9.93. The molecular weight excluding hydrogens is 546 g/mol. The van der Waals surface area contributed by atoms with Gasteiger partial charge in [0.1, 0.15) is 17.1 Å². The number of hydrogen-bond donors (Lipinski definition) is 4. The minimum absolute atomic E-state index is 0.00472. The number of benzene rings is 3. The molecule has 0 unspecified atom stereocenters. The van der Waals surface area contributed by atoms with Gasteiger partial charge in [0.25, 0.3) is 0 Å². The number of aromatic nitrogens is 2. The monoisotopic (exact) mass is 583 g/mol. The summed E-state index contributed by atoms with van der Waals surface area (Å²) in [7, 11) is 1.41. The van der Waals surface area contributed by atoms with Gasteiger partial charge in [0.05, 0.1) is 24.9 Å². The van der Waals surface area contributed by atoms with Crippen molar-refractivity contribution < 1.29 is 24.2 Å². The number of H-pyrrole nitrogens is 1. The Labute approximate surface area is 250 Å². The zero-order chi connectivity index (χ0) is 31.3. The van der Waals surface area contributed by atoms with E-state index in [9.17, 15) is 19.5 Å². The first-order valence-corrected chi connectivity index (χ1v) is 14.0. The fourth-order valence-corrected chi connectivity index (χ4v) is 5.36. The number of carbonyl (C=O) groups is 3. The summed E-state index contributed by atoms with van der Waals surface area (Å²) in [5, 5.41) is 9.74. The summed E-state index contributed by atoms with van der Waals surface area (Å²) in [6.45, 7) is 5.76. The number of imidazole rings is 1. The number of carbonyl (C=O) groups excluding carboxylic acids is 2. The molecule has 0 aliphatic carbocycles. The van der Waals surface area contributed by atoms with E-state index < -0.39 is 24.0 Å². The third-order valence-electron chi connectivity index (χ3n) is 7.60. The van der Waals surface area contributed by atoms with Gasteiger partial charge in [0.15, 0.2) is 0 Å². The second kappa shape index (κ2) is 13.3. The molecule has 0 saturated heterocycles. The number of amides is 2. The van der Waals surface area contributed by atoms with E-state index in [0.717, 1.165) is 27.9 Å². The van der Waals surface area contributed by atoms with Gasteiger partial charge in [-0.05, 0) is 73.2 Å². The maximum absolute atomic E-state index is 14.2. The summed E-state index contributed by atoms with van der Waals surface area (Å²) in [5.74, 6) is -1.17. The first-order valence-electron chi connectivity index (χ1n) is 14.0. The molecule has 1 heterocycles. The van der Waals surface area contributed by atoms with E-state index in [1.54, 1.807) is 35.4 Å². The molecule has 0 aliphatic rings. The van der Waals surface area contributed by atoms with Crippen LogP contribution in [0.15, 0.2) is 66.9 Å². The van der Waals surface area contributed by atoms with Crippen molar-refractivity contribution in [2.24, 2.45) is 11.5 Å². The number of rotatable bonds is 12. The number of aromatic amines is 1. The van der Waals surface area contributed by atoms with Crippen LogP contribution < -0.4 is 16.2 Å². The van der Waals surface area contributed by atoms with Crippen LogP contribution in [0.3, 0.4) is 0 Å². The molecular formula is C33H37N5O5. The van der Waals surface area contributed by atoms with E-state index in [1.807, 2.05) is 51.1 Å². The van der Waals surface area contributed by atoms with Gasteiger partial charge in [-0.1, -0.05) is 43.3 Å². The van der Waals surface area contributed by atoms with Crippen LogP contribution in [0, 0.1) is 13.8 Å². The van der Waals surface area contributed by atoms with Gasteiger partial charge < -0.3 is 31.2 Å². The summed E-state index contributed by atoms with van der Waals surface area (Å²) in [4.78, 5) is 47.5. The van der Waals surface area contributed by atoms with E-state index in [4.69, 9.17) is 21.2 Å². The molecule has 224 valence electrons. The zero-order valence-electron chi connectivity index (χ0n) is 24.8. The van der Waals surface area contributed by atoms with E-state index in [0.29, 0.717) is 23.4 Å². The van der Waals surface area contributed by atoms with Crippen LogP contribution in [0.5, 0.6) is 5.75 Å². The van der Waals surface area contributed by atoms with Crippen LogP contribution in [0.2, 0.25) is 0 Å². The van der Waals surface area contributed by atoms with Crippen molar-refractivity contribution in [3.05, 3.63) is 106 Å². The molecule has 2 amide bonds. The van der Waals surface area contributed by atoms with Crippen molar-refractivity contribution in [3.63, 3.8) is 0 Å². The Morgan fingerprint density at radius 2 is 1.72 bits per heavy atom. The van der Waals surface area contributed by atoms with E-state index >= 15 is 0 Å². The summed E-state index contributed by atoms with van der Waals surface area (Å²) in [5.41, 5.74) is 17.2. The van der Waals surface area contributed by atoms with E-state index in [2.05, 4.69) is 4.98 Å². The third-order valence-corrected chi connectivity index (χ3v) is 7.60. The molecule has 0 bridgehead atoms. The summed E-state index contributed by atoms with van der Waals surface area (Å²) < 4.78 is 5.22. The van der Waals surface area contributed by atoms with E-state index in [-0.39, 0.29) is 30.2 Å². The van der Waals surface area contributed by atoms with Gasteiger partial charge in [-0.3, -0.25) is 9.59 Å². The molecule has 2 atom stereocenters. The highest BCUT2D eigenvalue weighted by Gasteiger charge is 2.31. The fourth-order valence-electron chi connectivity index (χ4n) is 5.36. The van der Waals surface area contributed by atoms with Crippen LogP contribution in [-0.2, 0) is 17.8 Å². The number of hydrogen-bond acceptors (Lipinski definition) is 6. The molecule has 0 fully saturated rings. The highest BCUT2D eigenvalue weighted by Crippen LogP contribution is 2.29. The van der Waals surface area contributed by atoms with Crippen molar-refractivity contribution in [3.8, 4) is 17.0 Å². The lowest BCUT2D eigenvalue weighted by molar-refractivity contribution is -0.136. The Bertz CT molecular complexity index is 1610. The Hall–Kier alpha value is -4.96. The van der Waals surface area contributed by atoms with Crippen molar-refractivity contribution in [1.82, 2.24) is 14.9 Å². The number of carboxylic acids is 1. The molecule has 4 rings (SSSR count). The van der Waals surface area contributed by atoms with Gasteiger partial charge >= 0.3 is 5.97 Å². The molecule has 0 radical (unpaired) electrons. The number of aryl methyl sites for hydroxylation is 2. The number of methoxy groups -OCH3 is 1. The predicted octanol–water partition coefficient (Wildman–Crippen LogP) is 4.55. The Balaban J connectivity index is 1.72. The molecule has 0 spiro atoms. The maximum Gasteiger partial charge on any atom is 0.339 e. The molecule has 6 N–H and O–H groups in total. The highest BCUT2D eigenvalue weighted by atomic mass is 16.5. The maximum atomic E-state index is 14.2. The average Bonchev–Trinajstić information content (AvgIpc) is 3.48. The van der Waals surface area contributed by atoms with Gasteiger partial charge in [-0.15, -0.1) is 0 Å². The fraction of sp³-hybridized carbons (Fsp3) is 0.273. The van der Waals surface area contributed by atoms with Crippen LogP contribution >= 0.6 is 0 Å². The van der Waals surface area contributed by atoms with Crippen LogP contribution in [0.25, 0.3) is 11.3 Å². The molecule has 10 nitrogen and oxygen atoms in total. The summed E-state index contributed by atoms with van der Waals surface area (Å²) in [6.07, 6.45) is 2.56. The van der Waals surface area contributed by atoms with Gasteiger partial charge in [0, 0.05) is 23.9 Å². The van der Waals surface area contributed by atoms with Crippen molar-refractivity contribution >= 4 is 17.8 Å². The first-order chi connectivity index (χ1) is 20.5. The average molecular weight is 584 g/mol. The molecule has 0 saturated carbocycles. The number of ether oxygens (including phenoxy) is 1. The molecule has 0 aliphatic heterocycles. The highest BCUT2D eigenvalue weighted by molar-refractivity contribution is 5.93. The van der Waals surface area contributed by atoms with Gasteiger partial charge in [-0.2, -0.15) is 0 Å². The second-order valence-electron chi connectivity index (χ2n) is 10.5. The Morgan fingerprint density at radius 3 is 2.30 bits per heavy atom. The number of carboxylic acid groups (broad SMARTS) is 1. The van der Waals surface area contributed by atoms with Crippen LogP contribution in [0.4, 0.5) is 0 Å². The molecule has 4 aromatic rings. The molecule has 43 heavy (non-hydrogen) atoms. The zero-order valence-corrected chi connectivity index (χ0v) is 24.8. The summed E-state index contributed by atoms with van der Waals surface area (Å²) >= 11 is 0. The Morgan fingerprint density at radius 1 is 1.05 bits per heavy atom. The normalized spacial score (nSPS) is 12.4. The molecule has 3 aromatic carbocycles. The predicted molar refractivity (Wildman–Crippen MR) is 164 cm³/mol. The number of primary amides is 1. The van der Waals surface area contributed by atoms with E-state index in [1.165, 1.54) is 13.2 Å². The number of nitrogens with one attached hydrogen (secondary N) is 1. The smallest absolute Gasteiger partial charge is 0.339 e. The van der Waals surface area contributed by atoms with Crippen molar-refractivity contribution in [2.45, 2.75) is 52.2 Å². The van der Waals surface area contributed by atoms with Gasteiger partial charge in [0.2, 0.25) is 11.8 Å². The number of nitrogens with zero attached hydrogens (tertiary/aromatic N) is 2. The number of aromatic carboxylic acids is 1. The SMILES string of the molecule is CC[C@@H](c1nc(-c2ccccc2)c[nH]1)N(Cc1ccc(OC)c(C(=O)O)c1)C(=O)[C@@H](N)Cc1c(C)cc(C(N)=O)cc1C. The standard InChI is InChI=1S/C33H37N5O5/c1-5-28(31-36-17-27(37-31)22-9-7-6-8-10-22)38(18-21-11-12-29(43-4)25(15-21)33(41)42)32(40)26(34)16-24-19(2)13-23(30(35)39)14-20(24)3/h6-15,17,26,28H,5,16,18,34H2,1-4H3,(H2,35,39)(H,36,37)(H,41,42)/t26-,28-/m0/s1. The van der Waals surface area contributed by atoms with Crippen molar-refractivity contribution in [2.75, 3.05) is 7.11 Å². The molecule has 10 heteroatoms. The topological polar surface area (TPSA) is 165 Å². The quantitative estimate of drug-likeness (QED) is 0.190. The third kappa shape index (κ3) is 6.92. The second-order valence-corrected chi connectivity index (χ2v) is 10.5. The lowest BCUT2D eigenvalue weighted by Gasteiger charge is -2.32. The Kier molecular flexibility index (Phi) is 9.62. The summed E-state index contributed by atoms with van der Waals surface area (Å²) in [6, 6.07) is 16.5. The first kappa shape index (κ1) is 31.0. The van der Waals surface area contributed by atoms with Crippen LogP contribution in [-0.4, -0.2) is 50.9 Å². The van der Waals surface area contributed by atoms with Crippen LogP contribution in [0.1, 0.15) is 68.2 Å². The van der Waals surface area contributed by atoms with Crippen molar-refractivity contribution in [1.29, 1.82) is 0 Å². The van der Waals surface area contributed by atoms with Gasteiger partial charge in [-0.25, -0.2) is 9.78 Å². The number of nitrogens with two attached hydrogens (primary N) is 2.